The van der Waals surface area contributed by atoms with Crippen molar-refractivity contribution in [2.24, 2.45) is 5.92 Å². The molecule has 0 radical (unpaired) electrons. The number of aromatic nitrogens is 1. The van der Waals surface area contributed by atoms with Gasteiger partial charge in [-0.1, -0.05) is 83.1 Å². The van der Waals surface area contributed by atoms with Crippen LogP contribution < -0.4 is 0 Å². The predicted molar refractivity (Wildman–Crippen MR) is 118 cm³/mol. The van der Waals surface area contributed by atoms with Crippen molar-refractivity contribution in [2.75, 3.05) is 0 Å². The van der Waals surface area contributed by atoms with Gasteiger partial charge < -0.3 is 0 Å². The van der Waals surface area contributed by atoms with Crippen LogP contribution in [0, 0.1) is 5.92 Å². The van der Waals surface area contributed by atoms with Crippen LogP contribution in [0.1, 0.15) is 63.6 Å². The molecule has 0 saturated heterocycles. The van der Waals surface area contributed by atoms with E-state index in [4.69, 9.17) is 0 Å². The molecule has 0 spiro atoms. The van der Waals surface area contributed by atoms with Crippen LogP contribution in [0.3, 0.4) is 0 Å². The van der Waals surface area contributed by atoms with Gasteiger partial charge in [-0.15, -0.1) is 0 Å². The van der Waals surface area contributed by atoms with E-state index in [0.717, 1.165) is 5.92 Å². The molecule has 0 unspecified atom stereocenters. The molecule has 1 nitrogen and oxygen atoms in total. The first-order valence-corrected chi connectivity index (χ1v) is 10.4. The Kier molecular flexibility index (Phi) is 8.26. The first kappa shape index (κ1) is 20.9. The number of benzene rings is 2. The van der Waals surface area contributed by atoms with Crippen LogP contribution in [0.5, 0.6) is 0 Å². The van der Waals surface area contributed by atoms with Gasteiger partial charge in [-0.25, -0.2) is 0 Å². The number of fused-ring (bicyclic) bond motifs is 1. The summed E-state index contributed by atoms with van der Waals surface area (Å²) in [5.41, 5.74) is 6.97. The van der Waals surface area contributed by atoms with Crippen molar-refractivity contribution >= 4 is 0 Å². The average molecular weight is 360 g/mol. The third-order valence-corrected chi connectivity index (χ3v) is 4.94. The Hall–Kier alpha value is -2.41. The van der Waals surface area contributed by atoms with E-state index < -0.39 is 0 Å². The molecule has 0 amide bonds. The van der Waals surface area contributed by atoms with E-state index in [0.29, 0.717) is 5.92 Å². The Labute approximate surface area is 165 Å². The van der Waals surface area contributed by atoms with E-state index in [1.807, 2.05) is 40.1 Å². The quantitative estimate of drug-likeness (QED) is 0.461. The fourth-order valence-electron chi connectivity index (χ4n) is 3.84. The smallest absolute Gasteiger partial charge is 0.0273 e. The maximum Gasteiger partial charge on any atom is 0.0273 e. The molecular formula is C26H33N. The van der Waals surface area contributed by atoms with E-state index in [-0.39, 0.29) is 0 Å². The van der Waals surface area contributed by atoms with Crippen LogP contribution in [-0.2, 0) is 6.42 Å². The maximum atomic E-state index is 4.12. The van der Waals surface area contributed by atoms with E-state index in [9.17, 15) is 0 Å². The largest absolute Gasteiger partial charge is 0.265 e. The zero-order valence-corrected chi connectivity index (χ0v) is 17.4. The van der Waals surface area contributed by atoms with Gasteiger partial charge in [0.1, 0.15) is 0 Å². The first-order chi connectivity index (χ1) is 13.3. The molecular weight excluding hydrogens is 326 g/mol. The molecule has 1 aliphatic carbocycles. The van der Waals surface area contributed by atoms with Crippen molar-refractivity contribution in [1.29, 1.82) is 0 Å². The molecule has 0 saturated carbocycles. The highest BCUT2D eigenvalue weighted by molar-refractivity contribution is 5.64. The Bertz CT molecular complexity index is 807. The highest BCUT2D eigenvalue weighted by Gasteiger charge is 2.25. The molecule has 0 aliphatic heterocycles. The molecule has 1 aliphatic rings. The molecule has 0 bridgehead atoms. The molecule has 1 heterocycles. The minimum absolute atomic E-state index is 0.511. The number of rotatable bonds is 2. The monoisotopic (exact) mass is 359 g/mol. The van der Waals surface area contributed by atoms with E-state index in [2.05, 4.69) is 72.6 Å². The van der Waals surface area contributed by atoms with E-state index in [1.54, 1.807) is 0 Å². The lowest BCUT2D eigenvalue weighted by Crippen LogP contribution is -2.17. The average Bonchev–Trinajstić information content (AvgIpc) is 2.76. The van der Waals surface area contributed by atoms with Gasteiger partial charge in [-0.05, 0) is 58.7 Å². The molecule has 3 aromatic rings. The summed E-state index contributed by atoms with van der Waals surface area (Å²) in [4.78, 5) is 4.12. The Balaban J connectivity index is 0.000000614. The van der Waals surface area contributed by atoms with Crippen LogP contribution in [0.2, 0.25) is 0 Å². The topological polar surface area (TPSA) is 12.9 Å². The summed E-state index contributed by atoms with van der Waals surface area (Å²) in [5, 5.41) is 0. The van der Waals surface area contributed by atoms with Gasteiger partial charge in [0.05, 0.1) is 0 Å². The van der Waals surface area contributed by atoms with Crippen molar-refractivity contribution in [3.05, 3.63) is 89.7 Å². The van der Waals surface area contributed by atoms with Gasteiger partial charge in [0.25, 0.3) is 0 Å². The van der Waals surface area contributed by atoms with Gasteiger partial charge in [0.2, 0.25) is 0 Å². The normalized spacial score (nSPS) is 17.5. The maximum absolute atomic E-state index is 4.12. The fourth-order valence-corrected chi connectivity index (χ4v) is 3.84. The zero-order valence-electron chi connectivity index (χ0n) is 17.4. The Morgan fingerprint density at radius 3 is 2.22 bits per heavy atom. The molecule has 0 fully saturated rings. The van der Waals surface area contributed by atoms with Gasteiger partial charge >= 0.3 is 0 Å². The van der Waals surface area contributed by atoms with Crippen LogP contribution in [0.25, 0.3) is 11.1 Å². The van der Waals surface area contributed by atoms with Gasteiger partial charge in [-0.2, -0.15) is 0 Å². The number of hydrogen-bond acceptors (Lipinski definition) is 1. The SMILES string of the molecule is CC.CC.C[C@@H]1Cc2ccccc2[C@@H](c2cccc(-c3ccncc3)c2)C1. The summed E-state index contributed by atoms with van der Waals surface area (Å²) in [6.07, 6.45) is 6.16. The highest BCUT2D eigenvalue weighted by Crippen LogP contribution is 2.39. The summed E-state index contributed by atoms with van der Waals surface area (Å²) < 4.78 is 0. The second-order valence-electron chi connectivity index (χ2n) is 6.66. The lowest BCUT2D eigenvalue weighted by molar-refractivity contribution is 0.464. The van der Waals surface area contributed by atoms with Crippen molar-refractivity contribution < 1.29 is 0 Å². The zero-order chi connectivity index (χ0) is 19.6. The first-order valence-electron chi connectivity index (χ1n) is 10.4. The second kappa shape index (κ2) is 10.7. The van der Waals surface area contributed by atoms with Crippen molar-refractivity contribution in [3.63, 3.8) is 0 Å². The lowest BCUT2D eigenvalue weighted by atomic mass is 9.74. The van der Waals surface area contributed by atoms with Gasteiger partial charge in [0, 0.05) is 18.3 Å². The van der Waals surface area contributed by atoms with E-state index in [1.165, 1.54) is 40.7 Å². The number of hydrogen-bond donors (Lipinski definition) is 0. The minimum Gasteiger partial charge on any atom is -0.265 e. The molecule has 1 aromatic heterocycles. The van der Waals surface area contributed by atoms with Crippen molar-refractivity contribution in [3.8, 4) is 11.1 Å². The van der Waals surface area contributed by atoms with Gasteiger partial charge in [-0.3, -0.25) is 4.98 Å². The minimum atomic E-state index is 0.511. The predicted octanol–water partition coefficient (Wildman–Crippen LogP) is 7.52. The Morgan fingerprint density at radius 1 is 0.778 bits per heavy atom. The summed E-state index contributed by atoms with van der Waals surface area (Å²) in [7, 11) is 0. The van der Waals surface area contributed by atoms with Crippen LogP contribution in [0.15, 0.2) is 73.1 Å². The Morgan fingerprint density at radius 2 is 1.48 bits per heavy atom. The summed E-state index contributed by atoms with van der Waals surface area (Å²) in [6.45, 7) is 10.4. The van der Waals surface area contributed by atoms with Crippen LogP contribution >= 0.6 is 0 Å². The molecule has 2 atom stereocenters. The molecule has 4 rings (SSSR count). The summed E-state index contributed by atoms with van der Waals surface area (Å²) in [5.74, 6) is 1.25. The fraction of sp³-hybridized carbons (Fsp3) is 0.346. The van der Waals surface area contributed by atoms with Gasteiger partial charge in [0.15, 0.2) is 0 Å². The third kappa shape index (κ3) is 5.07. The van der Waals surface area contributed by atoms with Crippen molar-refractivity contribution in [1.82, 2.24) is 4.98 Å². The number of pyridine rings is 1. The molecule has 1 heteroatoms. The lowest BCUT2D eigenvalue weighted by Gasteiger charge is -2.30. The van der Waals surface area contributed by atoms with Crippen molar-refractivity contribution in [2.45, 2.75) is 53.4 Å². The summed E-state index contributed by atoms with van der Waals surface area (Å²) in [6, 6.07) is 22.1. The summed E-state index contributed by atoms with van der Waals surface area (Å²) >= 11 is 0. The molecule has 27 heavy (non-hydrogen) atoms. The van der Waals surface area contributed by atoms with E-state index >= 15 is 0 Å². The molecule has 142 valence electrons. The third-order valence-electron chi connectivity index (χ3n) is 4.94. The highest BCUT2D eigenvalue weighted by atomic mass is 14.6. The molecule has 2 aromatic carbocycles. The number of nitrogens with zero attached hydrogens (tertiary/aromatic N) is 1. The standard InChI is InChI=1S/C22H21N.2C2H6/c1-16-13-19-5-2-3-8-21(19)22(14-16)20-7-4-6-18(15-20)17-9-11-23-12-10-17;2*1-2/h2-12,15-16,22H,13-14H2,1H3;2*1-2H3/t16-,22-;;/m1../s1. The van der Waals surface area contributed by atoms with Crippen LogP contribution in [0.4, 0.5) is 0 Å². The van der Waals surface area contributed by atoms with Crippen LogP contribution in [-0.4, -0.2) is 4.98 Å². The second-order valence-corrected chi connectivity index (χ2v) is 6.66. The molecule has 0 N–H and O–H groups in total.